The quantitative estimate of drug-likeness (QED) is 0.482. The van der Waals surface area contributed by atoms with Crippen LogP contribution < -0.4 is 5.32 Å². The summed E-state index contributed by atoms with van der Waals surface area (Å²) in [6, 6.07) is 8.39. The van der Waals surface area contributed by atoms with Gasteiger partial charge in [-0.15, -0.1) is 11.3 Å². The van der Waals surface area contributed by atoms with E-state index in [1.54, 1.807) is 42.0 Å². The molecule has 0 bridgehead atoms. The summed E-state index contributed by atoms with van der Waals surface area (Å²) in [5, 5.41) is 5.40. The van der Waals surface area contributed by atoms with Crippen LogP contribution in [-0.2, 0) is 10.0 Å². The lowest BCUT2D eigenvalue weighted by Gasteiger charge is -2.15. The lowest BCUT2D eigenvalue weighted by molar-refractivity contribution is 0.102. The summed E-state index contributed by atoms with van der Waals surface area (Å²) >= 11 is 2.54. The number of carbonyl (C=O) groups is 1. The van der Waals surface area contributed by atoms with E-state index in [4.69, 9.17) is 4.42 Å². The van der Waals surface area contributed by atoms with Gasteiger partial charge in [0.25, 0.3) is 5.91 Å². The van der Waals surface area contributed by atoms with Gasteiger partial charge in [0.05, 0.1) is 21.4 Å². The summed E-state index contributed by atoms with van der Waals surface area (Å²) in [6.07, 6.45) is 3.32. The first-order valence-electron chi connectivity index (χ1n) is 9.22. The van der Waals surface area contributed by atoms with E-state index in [9.17, 15) is 13.2 Å². The van der Waals surface area contributed by atoms with Gasteiger partial charge in [0.15, 0.2) is 15.9 Å². The Morgan fingerprint density at radius 3 is 2.77 bits per heavy atom. The average Bonchev–Trinajstić information content (AvgIpc) is 3.54. The molecule has 8 nitrogen and oxygen atoms in total. The maximum absolute atomic E-state index is 12.8. The highest BCUT2D eigenvalue weighted by Crippen LogP contribution is 2.31. The number of benzene rings is 1. The van der Waals surface area contributed by atoms with E-state index < -0.39 is 10.0 Å². The SMILES string of the molecule is O=C(Nc1nc2ccc(S(=O)(=O)N3CCCC3)cc2s1)c1csc(-c2ccco2)n1. The number of amides is 1. The van der Waals surface area contributed by atoms with Crippen LogP contribution in [0.2, 0.25) is 0 Å². The molecule has 0 radical (unpaired) electrons. The number of hydrogen-bond donors (Lipinski definition) is 1. The van der Waals surface area contributed by atoms with Crippen LogP contribution in [0, 0.1) is 0 Å². The van der Waals surface area contributed by atoms with Gasteiger partial charge in [-0.3, -0.25) is 10.1 Å². The number of carbonyl (C=O) groups excluding carboxylic acids is 1. The van der Waals surface area contributed by atoms with Gasteiger partial charge < -0.3 is 4.42 Å². The van der Waals surface area contributed by atoms with Crippen molar-refractivity contribution in [3.05, 3.63) is 47.7 Å². The molecule has 1 amide bonds. The molecular weight excluding hydrogens is 444 g/mol. The Morgan fingerprint density at radius 1 is 1.17 bits per heavy atom. The van der Waals surface area contributed by atoms with Crippen LogP contribution in [0.3, 0.4) is 0 Å². The van der Waals surface area contributed by atoms with Crippen molar-refractivity contribution in [2.75, 3.05) is 18.4 Å². The Morgan fingerprint density at radius 2 is 2.00 bits per heavy atom. The molecule has 4 aromatic rings. The third kappa shape index (κ3) is 3.54. The zero-order valence-corrected chi connectivity index (χ0v) is 18.0. The average molecular weight is 461 g/mol. The van der Waals surface area contributed by atoms with Crippen molar-refractivity contribution in [3.8, 4) is 10.8 Å². The minimum absolute atomic E-state index is 0.251. The molecule has 1 fully saturated rings. The third-order valence-corrected chi connectivity index (χ3v) is 8.44. The van der Waals surface area contributed by atoms with Crippen molar-refractivity contribution in [3.63, 3.8) is 0 Å². The van der Waals surface area contributed by atoms with Gasteiger partial charge in [0.1, 0.15) is 5.69 Å². The zero-order valence-electron chi connectivity index (χ0n) is 15.6. The van der Waals surface area contributed by atoms with Crippen molar-refractivity contribution in [2.45, 2.75) is 17.7 Å². The summed E-state index contributed by atoms with van der Waals surface area (Å²) in [6.45, 7) is 1.11. The van der Waals surface area contributed by atoms with Crippen LogP contribution in [0.1, 0.15) is 23.3 Å². The highest BCUT2D eigenvalue weighted by molar-refractivity contribution is 7.89. The number of aromatic nitrogens is 2. The van der Waals surface area contributed by atoms with E-state index in [0.717, 1.165) is 12.8 Å². The number of thiazole rings is 2. The van der Waals surface area contributed by atoms with E-state index in [2.05, 4.69) is 15.3 Å². The largest absolute Gasteiger partial charge is 0.462 e. The summed E-state index contributed by atoms with van der Waals surface area (Å²) in [5.41, 5.74) is 0.896. The first kappa shape index (κ1) is 19.4. The molecule has 0 aliphatic carbocycles. The number of fused-ring (bicyclic) bond motifs is 1. The molecule has 1 aliphatic rings. The van der Waals surface area contributed by atoms with Crippen molar-refractivity contribution in [1.29, 1.82) is 0 Å². The Labute approximate surface area is 180 Å². The number of furan rings is 1. The van der Waals surface area contributed by atoms with Crippen LogP contribution in [-0.4, -0.2) is 41.7 Å². The number of nitrogens with zero attached hydrogens (tertiary/aromatic N) is 3. The molecule has 5 rings (SSSR count). The summed E-state index contributed by atoms with van der Waals surface area (Å²) in [5.74, 6) is 0.221. The number of anilines is 1. The van der Waals surface area contributed by atoms with Crippen LogP contribution in [0.25, 0.3) is 21.0 Å². The Kier molecular flexibility index (Phi) is 4.89. The smallest absolute Gasteiger partial charge is 0.276 e. The molecule has 154 valence electrons. The van der Waals surface area contributed by atoms with E-state index >= 15 is 0 Å². The molecule has 4 heterocycles. The fraction of sp³-hybridized carbons (Fsp3) is 0.211. The van der Waals surface area contributed by atoms with Gasteiger partial charge in [0.2, 0.25) is 10.0 Å². The normalized spacial score (nSPS) is 15.1. The number of rotatable bonds is 5. The van der Waals surface area contributed by atoms with Gasteiger partial charge in [0, 0.05) is 18.5 Å². The minimum Gasteiger partial charge on any atom is -0.462 e. The van der Waals surface area contributed by atoms with Gasteiger partial charge in [-0.2, -0.15) is 4.31 Å². The molecule has 0 spiro atoms. The monoisotopic (exact) mass is 460 g/mol. The molecule has 30 heavy (non-hydrogen) atoms. The first-order chi connectivity index (χ1) is 14.5. The van der Waals surface area contributed by atoms with Crippen LogP contribution >= 0.6 is 22.7 Å². The molecule has 0 atom stereocenters. The molecule has 3 aromatic heterocycles. The number of sulfonamides is 1. The van der Waals surface area contributed by atoms with Crippen molar-refractivity contribution < 1.29 is 17.6 Å². The van der Waals surface area contributed by atoms with E-state index in [1.165, 1.54) is 27.0 Å². The van der Waals surface area contributed by atoms with E-state index in [1.807, 2.05) is 0 Å². The molecule has 0 unspecified atom stereocenters. The second-order valence-corrected chi connectivity index (χ2v) is 10.6. The second kappa shape index (κ2) is 7.58. The van der Waals surface area contributed by atoms with Crippen molar-refractivity contribution >= 4 is 54.0 Å². The highest BCUT2D eigenvalue weighted by Gasteiger charge is 2.27. The maximum atomic E-state index is 12.8. The lowest BCUT2D eigenvalue weighted by atomic mass is 10.3. The highest BCUT2D eigenvalue weighted by atomic mass is 32.2. The molecule has 1 N–H and O–H groups in total. The fourth-order valence-electron chi connectivity index (χ4n) is 3.25. The van der Waals surface area contributed by atoms with Crippen LogP contribution in [0.4, 0.5) is 5.13 Å². The zero-order chi connectivity index (χ0) is 20.7. The molecule has 11 heteroatoms. The van der Waals surface area contributed by atoms with E-state index in [-0.39, 0.29) is 16.5 Å². The molecular formula is C19H16N4O4S3. The summed E-state index contributed by atoms with van der Waals surface area (Å²) in [4.78, 5) is 21.5. The van der Waals surface area contributed by atoms with Crippen molar-refractivity contribution in [1.82, 2.24) is 14.3 Å². The van der Waals surface area contributed by atoms with Crippen molar-refractivity contribution in [2.24, 2.45) is 0 Å². The van der Waals surface area contributed by atoms with Gasteiger partial charge in [-0.25, -0.2) is 18.4 Å². The topological polar surface area (TPSA) is 105 Å². The second-order valence-electron chi connectivity index (χ2n) is 6.73. The van der Waals surface area contributed by atoms with Crippen LogP contribution in [0.5, 0.6) is 0 Å². The Balaban J connectivity index is 1.37. The van der Waals surface area contributed by atoms with Gasteiger partial charge in [-0.1, -0.05) is 11.3 Å². The Hall–Kier alpha value is -2.60. The molecule has 1 aliphatic heterocycles. The predicted octanol–water partition coefficient (Wildman–Crippen LogP) is 4.05. The summed E-state index contributed by atoms with van der Waals surface area (Å²) in [7, 11) is -3.50. The number of hydrogen-bond acceptors (Lipinski definition) is 8. The molecule has 1 saturated heterocycles. The molecule has 1 aromatic carbocycles. The lowest BCUT2D eigenvalue weighted by Crippen LogP contribution is -2.27. The number of nitrogens with one attached hydrogen (secondary N) is 1. The minimum atomic E-state index is -3.50. The third-order valence-electron chi connectivity index (χ3n) is 4.75. The van der Waals surface area contributed by atoms with Crippen LogP contribution in [0.15, 0.2) is 51.3 Å². The van der Waals surface area contributed by atoms with E-state index in [0.29, 0.717) is 39.2 Å². The molecule has 0 saturated carbocycles. The standard InChI is InChI=1S/C19H16N4O4S3/c24-17(14-11-28-18(20-14)15-4-3-9-27-15)22-19-21-13-6-5-12(10-16(13)29-19)30(25,26)23-7-1-2-8-23/h3-6,9-11H,1-2,7-8H2,(H,21,22,24). The fourth-order valence-corrected chi connectivity index (χ4v) is 6.53. The predicted molar refractivity (Wildman–Crippen MR) is 115 cm³/mol. The first-order valence-corrected chi connectivity index (χ1v) is 12.4. The Bertz CT molecular complexity index is 1320. The van der Waals surface area contributed by atoms with Gasteiger partial charge in [-0.05, 0) is 43.2 Å². The summed E-state index contributed by atoms with van der Waals surface area (Å²) < 4.78 is 33.1. The maximum Gasteiger partial charge on any atom is 0.276 e. The van der Waals surface area contributed by atoms with Gasteiger partial charge >= 0.3 is 0 Å².